The first-order chi connectivity index (χ1) is 11.6. The predicted molar refractivity (Wildman–Crippen MR) is 99.2 cm³/mol. The van der Waals surface area contributed by atoms with Crippen molar-refractivity contribution in [2.75, 3.05) is 11.9 Å². The number of carbonyl (C=O) groups is 1. The van der Waals surface area contributed by atoms with Gasteiger partial charge in [0.15, 0.2) is 5.96 Å². The highest BCUT2D eigenvalue weighted by atomic mass is 16.1. The van der Waals surface area contributed by atoms with Gasteiger partial charge < -0.3 is 16.4 Å². The summed E-state index contributed by atoms with van der Waals surface area (Å²) in [5, 5.41) is 5.84. The van der Waals surface area contributed by atoms with Gasteiger partial charge in [0.05, 0.1) is 6.54 Å². The van der Waals surface area contributed by atoms with Gasteiger partial charge in [0.25, 0.3) is 5.91 Å². The van der Waals surface area contributed by atoms with Crippen LogP contribution in [0.1, 0.15) is 35.3 Å². The van der Waals surface area contributed by atoms with Crippen LogP contribution in [0.15, 0.2) is 53.5 Å². The maximum absolute atomic E-state index is 11.7. The molecule has 0 unspecified atom stereocenters. The van der Waals surface area contributed by atoms with Crippen molar-refractivity contribution in [1.29, 1.82) is 0 Å². The Morgan fingerprint density at radius 1 is 1.00 bits per heavy atom. The molecular formula is C19H24N4O. The third-order valence-electron chi connectivity index (χ3n) is 3.62. The van der Waals surface area contributed by atoms with Crippen LogP contribution in [-0.4, -0.2) is 18.4 Å². The summed E-state index contributed by atoms with van der Waals surface area (Å²) in [6.07, 6.45) is 1.01. The summed E-state index contributed by atoms with van der Waals surface area (Å²) in [4.78, 5) is 16.0. The average molecular weight is 324 g/mol. The fourth-order valence-electron chi connectivity index (χ4n) is 2.21. The van der Waals surface area contributed by atoms with Crippen LogP contribution in [-0.2, 0) is 13.0 Å². The summed E-state index contributed by atoms with van der Waals surface area (Å²) in [6.45, 7) is 5.09. The smallest absolute Gasteiger partial charge is 0.251 e. The van der Waals surface area contributed by atoms with Crippen molar-refractivity contribution in [3.8, 4) is 0 Å². The second-order valence-corrected chi connectivity index (χ2v) is 5.43. The van der Waals surface area contributed by atoms with Gasteiger partial charge in [0, 0.05) is 17.8 Å². The number of nitrogens with zero attached hydrogens (tertiary/aromatic N) is 1. The van der Waals surface area contributed by atoms with Crippen LogP contribution in [0.25, 0.3) is 0 Å². The Hall–Kier alpha value is -2.82. The minimum Gasteiger partial charge on any atom is -0.370 e. The highest BCUT2D eigenvalue weighted by Gasteiger charge is 2.03. The van der Waals surface area contributed by atoms with Gasteiger partial charge in [0.2, 0.25) is 0 Å². The molecule has 24 heavy (non-hydrogen) atoms. The van der Waals surface area contributed by atoms with E-state index in [-0.39, 0.29) is 5.91 Å². The van der Waals surface area contributed by atoms with Crippen molar-refractivity contribution in [3.63, 3.8) is 0 Å². The third kappa shape index (κ3) is 5.12. The summed E-state index contributed by atoms with van der Waals surface area (Å²) in [5.41, 5.74) is 9.75. The molecule has 0 aliphatic heterocycles. The molecule has 4 N–H and O–H groups in total. The molecule has 0 aromatic heterocycles. The number of benzene rings is 2. The molecule has 0 radical (unpaired) electrons. The van der Waals surface area contributed by atoms with Crippen molar-refractivity contribution in [2.45, 2.75) is 26.8 Å². The van der Waals surface area contributed by atoms with Gasteiger partial charge >= 0.3 is 0 Å². The zero-order chi connectivity index (χ0) is 17.4. The van der Waals surface area contributed by atoms with E-state index in [0.717, 1.165) is 17.7 Å². The number of aliphatic imine (C=N–C) groups is 1. The monoisotopic (exact) mass is 324 g/mol. The maximum atomic E-state index is 11.7. The van der Waals surface area contributed by atoms with Crippen LogP contribution >= 0.6 is 0 Å². The lowest BCUT2D eigenvalue weighted by atomic mass is 10.1. The number of hydrogen-bond acceptors (Lipinski definition) is 2. The van der Waals surface area contributed by atoms with Crippen molar-refractivity contribution in [1.82, 2.24) is 5.32 Å². The van der Waals surface area contributed by atoms with E-state index in [2.05, 4.69) is 34.7 Å². The average Bonchev–Trinajstić information content (AvgIpc) is 2.61. The zero-order valence-electron chi connectivity index (χ0n) is 14.2. The highest BCUT2D eigenvalue weighted by molar-refractivity contribution is 5.94. The fourth-order valence-corrected chi connectivity index (χ4v) is 2.21. The molecule has 2 rings (SSSR count). The van der Waals surface area contributed by atoms with Crippen LogP contribution in [0.5, 0.6) is 0 Å². The fraction of sp³-hybridized carbons (Fsp3) is 0.263. The van der Waals surface area contributed by atoms with Gasteiger partial charge in [-0.05, 0) is 48.7 Å². The number of hydrogen-bond donors (Lipinski definition) is 3. The molecule has 5 heteroatoms. The molecule has 2 aromatic rings. The Labute approximate surface area is 143 Å². The predicted octanol–water partition coefficient (Wildman–Crippen LogP) is 2.93. The van der Waals surface area contributed by atoms with E-state index in [9.17, 15) is 4.79 Å². The molecule has 0 fully saturated rings. The van der Waals surface area contributed by atoms with Gasteiger partial charge in [-0.15, -0.1) is 0 Å². The molecule has 5 nitrogen and oxygen atoms in total. The van der Waals surface area contributed by atoms with Crippen molar-refractivity contribution >= 4 is 17.6 Å². The normalized spacial score (nSPS) is 11.2. The summed E-state index contributed by atoms with van der Waals surface area (Å²) in [6, 6.07) is 15.5. The summed E-state index contributed by atoms with van der Waals surface area (Å²) >= 11 is 0. The van der Waals surface area contributed by atoms with Crippen LogP contribution in [0.4, 0.5) is 5.69 Å². The van der Waals surface area contributed by atoms with E-state index >= 15 is 0 Å². The number of amides is 1. The highest BCUT2D eigenvalue weighted by Crippen LogP contribution is 2.10. The number of guanidine groups is 1. The lowest BCUT2D eigenvalue weighted by molar-refractivity contribution is 0.0956. The van der Waals surface area contributed by atoms with E-state index in [1.54, 1.807) is 12.1 Å². The third-order valence-corrected chi connectivity index (χ3v) is 3.62. The minimum absolute atomic E-state index is 0.0655. The topological polar surface area (TPSA) is 79.5 Å². The van der Waals surface area contributed by atoms with Gasteiger partial charge in [-0.3, -0.25) is 4.79 Å². The van der Waals surface area contributed by atoms with Crippen molar-refractivity contribution in [3.05, 3.63) is 65.2 Å². The number of rotatable bonds is 6. The second kappa shape index (κ2) is 8.72. The van der Waals surface area contributed by atoms with E-state index < -0.39 is 0 Å². The van der Waals surface area contributed by atoms with Gasteiger partial charge in [-0.2, -0.15) is 0 Å². The first-order valence-corrected chi connectivity index (χ1v) is 8.15. The molecule has 0 aliphatic rings. The largest absolute Gasteiger partial charge is 0.370 e. The number of nitrogens with one attached hydrogen (secondary N) is 2. The van der Waals surface area contributed by atoms with Crippen molar-refractivity contribution in [2.24, 2.45) is 10.7 Å². The standard InChI is InChI=1S/C19H24N4O/c1-3-14-7-11-17(12-8-14)23-19(20)22-13-15-5-9-16(10-6-15)18(24)21-4-2/h5-12H,3-4,13H2,1-2H3,(H,21,24)(H3,20,22,23). The van der Waals surface area contributed by atoms with Crippen LogP contribution in [0.3, 0.4) is 0 Å². The molecule has 0 aliphatic carbocycles. The summed E-state index contributed by atoms with van der Waals surface area (Å²) < 4.78 is 0. The van der Waals surface area contributed by atoms with E-state index in [1.165, 1.54) is 5.56 Å². The Kier molecular flexibility index (Phi) is 6.37. The lowest BCUT2D eigenvalue weighted by Gasteiger charge is -2.07. The molecule has 0 saturated carbocycles. The number of anilines is 1. The zero-order valence-corrected chi connectivity index (χ0v) is 14.2. The maximum Gasteiger partial charge on any atom is 0.251 e. The molecule has 0 spiro atoms. The summed E-state index contributed by atoms with van der Waals surface area (Å²) in [5.74, 6) is 0.302. The van der Waals surface area contributed by atoms with E-state index in [1.807, 2.05) is 31.2 Å². The number of nitrogens with two attached hydrogens (primary N) is 1. The number of aryl methyl sites for hydroxylation is 1. The van der Waals surface area contributed by atoms with E-state index in [0.29, 0.717) is 24.6 Å². The van der Waals surface area contributed by atoms with Crippen LogP contribution in [0.2, 0.25) is 0 Å². The second-order valence-electron chi connectivity index (χ2n) is 5.43. The molecule has 0 atom stereocenters. The Morgan fingerprint density at radius 2 is 1.62 bits per heavy atom. The number of carbonyl (C=O) groups excluding carboxylic acids is 1. The van der Waals surface area contributed by atoms with Crippen LogP contribution in [0, 0.1) is 0 Å². The molecule has 0 heterocycles. The molecule has 0 saturated heterocycles. The Morgan fingerprint density at radius 3 is 2.21 bits per heavy atom. The van der Waals surface area contributed by atoms with Crippen molar-refractivity contribution < 1.29 is 4.79 Å². The molecule has 0 bridgehead atoms. The SMILES string of the molecule is CCNC(=O)c1ccc(CN=C(N)Nc2ccc(CC)cc2)cc1. The summed E-state index contributed by atoms with van der Waals surface area (Å²) in [7, 11) is 0. The van der Waals surface area contributed by atoms with Gasteiger partial charge in [0.1, 0.15) is 0 Å². The molecular weight excluding hydrogens is 300 g/mol. The first-order valence-electron chi connectivity index (χ1n) is 8.15. The molecule has 1 amide bonds. The van der Waals surface area contributed by atoms with Gasteiger partial charge in [-0.25, -0.2) is 4.99 Å². The Bertz CT molecular complexity index is 690. The van der Waals surface area contributed by atoms with Gasteiger partial charge in [-0.1, -0.05) is 31.2 Å². The molecule has 2 aromatic carbocycles. The quantitative estimate of drug-likeness (QED) is 0.564. The minimum atomic E-state index is -0.0655. The van der Waals surface area contributed by atoms with Crippen LogP contribution < -0.4 is 16.4 Å². The Balaban J connectivity index is 1.92. The molecule has 126 valence electrons. The first kappa shape index (κ1) is 17.5. The van der Waals surface area contributed by atoms with E-state index in [4.69, 9.17) is 5.73 Å². The lowest BCUT2D eigenvalue weighted by Crippen LogP contribution is -2.23.